The van der Waals surface area contributed by atoms with Crippen LogP contribution >= 0.6 is 20.7 Å². The van der Waals surface area contributed by atoms with E-state index in [1.807, 2.05) is 29.5 Å². The highest BCUT2D eigenvalue weighted by molar-refractivity contribution is 14.2. The number of nitrogens with zero attached hydrogens (tertiary/aromatic N) is 3. The van der Waals surface area contributed by atoms with Gasteiger partial charge in [-0.25, -0.2) is 4.99 Å². The third-order valence-corrected chi connectivity index (χ3v) is 10.6. The monoisotopic (exact) mass is 632 g/mol. The number of aryl methyl sites for hydroxylation is 1. The second-order valence-corrected chi connectivity index (χ2v) is 12.9. The Morgan fingerprint density at radius 1 is 1.21 bits per heavy atom. The number of amides is 2. The van der Waals surface area contributed by atoms with Gasteiger partial charge in [0.05, 0.1) is 15.3 Å². The molecule has 1 aromatic carbocycles. The molecule has 3 saturated carbocycles. The quantitative estimate of drug-likeness (QED) is 0.343. The molecule has 1 aromatic heterocycles. The number of carbonyl (C=O) groups excluding carboxylic acids is 2. The van der Waals surface area contributed by atoms with Crippen LogP contribution in [0, 0.1) is 10.8 Å². The first-order chi connectivity index (χ1) is 18.3. The minimum atomic E-state index is -0.716. The van der Waals surface area contributed by atoms with Crippen molar-refractivity contribution in [2.45, 2.75) is 45.1 Å². The predicted octanol–water partition coefficient (Wildman–Crippen LogP) is 3.07. The van der Waals surface area contributed by atoms with Gasteiger partial charge in [0, 0.05) is 20.1 Å². The number of aliphatic imine (C=N–C) groups is 1. The summed E-state index contributed by atoms with van der Waals surface area (Å²) < 4.78 is 9.71. The first-order valence-corrected chi connectivity index (χ1v) is 15.0. The summed E-state index contributed by atoms with van der Waals surface area (Å²) in [4.78, 5) is 41.3. The lowest BCUT2D eigenvalue weighted by Crippen LogP contribution is -2.51. The minimum Gasteiger partial charge on any atom is -0.482 e. The molecule has 7 rings (SSSR count). The standard InChI is InChI=1S/C26H29IN6O5/c1-33-21-19(23(35)29-13-25-4-7-26(8-5-25,9-6-25)24(36)37)27-14-30-20(21)22(32-33)28-11-15-2-3-17-16(10-15)31-18(34)12-38-17/h2-3,10,14H,4-9,11-13H2,1H3,(H,28,32)(H,29,35)(H,31,34)(H,36,37). The van der Waals surface area contributed by atoms with Gasteiger partial charge in [0.25, 0.3) is 11.8 Å². The zero-order valence-electron chi connectivity index (χ0n) is 21.0. The van der Waals surface area contributed by atoms with Crippen LogP contribution in [-0.2, 0) is 28.0 Å². The Hall–Kier alpha value is -3.29. The number of aliphatic carboxylic acids is 1. The van der Waals surface area contributed by atoms with Crippen LogP contribution in [0.3, 0.4) is 0 Å². The van der Waals surface area contributed by atoms with Crippen molar-refractivity contribution in [1.82, 2.24) is 15.1 Å². The zero-order valence-corrected chi connectivity index (χ0v) is 23.1. The lowest BCUT2D eigenvalue weighted by molar-refractivity contribution is -0.159. The molecular formula is C26H29IN6O5. The first-order valence-electron chi connectivity index (χ1n) is 12.7. The molecule has 3 heterocycles. The van der Waals surface area contributed by atoms with Crippen LogP contribution in [0.2, 0.25) is 0 Å². The third kappa shape index (κ3) is 4.37. The van der Waals surface area contributed by atoms with Gasteiger partial charge in [-0.1, -0.05) is 26.8 Å². The molecule has 0 saturated heterocycles. The van der Waals surface area contributed by atoms with Gasteiger partial charge >= 0.3 is 5.97 Å². The Morgan fingerprint density at radius 2 is 1.97 bits per heavy atom. The summed E-state index contributed by atoms with van der Waals surface area (Å²) >= 11 is -0.716. The van der Waals surface area contributed by atoms with E-state index in [4.69, 9.17) is 4.74 Å². The van der Waals surface area contributed by atoms with E-state index in [0.717, 1.165) is 34.0 Å². The van der Waals surface area contributed by atoms with E-state index in [2.05, 4.69) is 26.0 Å². The van der Waals surface area contributed by atoms with Crippen LogP contribution in [0.4, 0.5) is 17.2 Å². The first kappa shape index (κ1) is 25.0. The molecule has 4 N–H and O–H groups in total. The molecule has 3 aliphatic carbocycles. The van der Waals surface area contributed by atoms with E-state index in [0.29, 0.717) is 55.3 Å². The SMILES string of the molecule is Cn1nc(NCc2ccc3c(c2)NC(=O)CO3)c2c1C(C(=O)NCC13CCC(C(=O)O)(CC1)CC3)=IC=N2. The Bertz CT molecular complexity index is 1390. The number of anilines is 2. The summed E-state index contributed by atoms with van der Waals surface area (Å²) in [6.45, 7) is 1.05. The topological polar surface area (TPSA) is 147 Å². The molecule has 12 heteroatoms. The summed E-state index contributed by atoms with van der Waals surface area (Å²) in [5.41, 5.74) is 2.41. The van der Waals surface area contributed by atoms with Crippen LogP contribution in [0.25, 0.3) is 0 Å². The van der Waals surface area contributed by atoms with E-state index in [1.54, 1.807) is 4.68 Å². The maximum Gasteiger partial charge on any atom is 0.309 e. The van der Waals surface area contributed by atoms with Crippen molar-refractivity contribution in [3.63, 3.8) is 0 Å². The van der Waals surface area contributed by atoms with Crippen LogP contribution in [-0.4, -0.2) is 53.6 Å². The normalized spacial score (nSPS) is 25.2. The van der Waals surface area contributed by atoms with Crippen molar-refractivity contribution < 1.29 is 24.2 Å². The fourth-order valence-electron chi connectivity index (χ4n) is 5.95. The number of carboxylic acids is 1. The number of carbonyl (C=O) groups is 3. The summed E-state index contributed by atoms with van der Waals surface area (Å²) in [5.74, 6) is 0.302. The van der Waals surface area contributed by atoms with E-state index in [9.17, 15) is 19.5 Å². The van der Waals surface area contributed by atoms with Crippen molar-refractivity contribution in [2.75, 3.05) is 23.8 Å². The maximum absolute atomic E-state index is 13.4. The fourth-order valence-corrected chi connectivity index (χ4v) is 8.02. The average Bonchev–Trinajstić information content (AvgIpc) is 3.26. The second kappa shape index (κ2) is 9.47. The third-order valence-electron chi connectivity index (χ3n) is 8.38. The smallest absolute Gasteiger partial charge is 0.309 e. The van der Waals surface area contributed by atoms with E-state index < -0.39 is 32.1 Å². The molecule has 2 aliphatic heterocycles. The summed E-state index contributed by atoms with van der Waals surface area (Å²) in [7, 11) is 1.82. The molecular weight excluding hydrogens is 603 g/mol. The number of halogens is 1. The van der Waals surface area contributed by atoms with E-state index in [-0.39, 0.29) is 23.8 Å². The number of ether oxygens (including phenoxy) is 1. The molecule has 0 spiro atoms. The van der Waals surface area contributed by atoms with Gasteiger partial charge in [0.15, 0.2) is 12.4 Å². The van der Waals surface area contributed by atoms with Crippen LogP contribution in [0.1, 0.15) is 49.8 Å². The maximum atomic E-state index is 13.4. The molecule has 11 nitrogen and oxygen atoms in total. The summed E-state index contributed by atoms with van der Waals surface area (Å²) in [6, 6.07) is 5.62. The molecule has 38 heavy (non-hydrogen) atoms. The van der Waals surface area contributed by atoms with Gasteiger partial charge in [0.2, 0.25) is 0 Å². The van der Waals surface area contributed by atoms with Gasteiger partial charge in [-0.05, 0) is 61.6 Å². The zero-order chi connectivity index (χ0) is 26.5. The van der Waals surface area contributed by atoms with Gasteiger partial charge in [-0.15, -0.1) is 0 Å². The molecule has 0 radical (unpaired) electrons. The number of benzene rings is 1. The predicted molar refractivity (Wildman–Crippen MR) is 151 cm³/mol. The lowest BCUT2D eigenvalue weighted by atomic mass is 9.53. The van der Waals surface area contributed by atoms with Gasteiger partial charge in [-0.3, -0.25) is 19.1 Å². The molecule has 0 atom stereocenters. The number of fused-ring (bicyclic) bond motifs is 5. The second-order valence-electron chi connectivity index (χ2n) is 10.6. The molecule has 0 unspecified atom stereocenters. The van der Waals surface area contributed by atoms with E-state index >= 15 is 0 Å². The number of hydrogen-bond donors (Lipinski definition) is 4. The summed E-state index contributed by atoms with van der Waals surface area (Å²) in [6.07, 6.45) is 4.61. The highest BCUT2D eigenvalue weighted by Crippen LogP contribution is 2.56. The largest absolute Gasteiger partial charge is 0.482 e. The van der Waals surface area contributed by atoms with Crippen molar-refractivity contribution in [1.29, 1.82) is 0 Å². The number of hydrogen-bond acceptors (Lipinski definition) is 7. The average molecular weight is 632 g/mol. The Kier molecular flexibility index (Phi) is 6.23. The van der Waals surface area contributed by atoms with Gasteiger partial charge < -0.3 is 25.8 Å². The van der Waals surface area contributed by atoms with Crippen molar-refractivity contribution in [2.24, 2.45) is 22.9 Å². The minimum absolute atomic E-state index is 0.00408. The van der Waals surface area contributed by atoms with Crippen molar-refractivity contribution in [3.8, 4) is 5.75 Å². The Morgan fingerprint density at radius 3 is 2.71 bits per heavy atom. The summed E-state index contributed by atoms with van der Waals surface area (Å²) in [5, 5.41) is 23.6. The lowest BCUT2D eigenvalue weighted by Gasteiger charge is -2.51. The fraction of sp³-hybridized carbons (Fsp3) is 0.462. The van der Waals surface area contributed by atoms with Crippen LogP contribution in [0.5, 0.6) is 5.75 Å². The molecule has 200 valence electrons. The molecule has 3 fully saturated rings. The number of rotatable bonds is 7. The van der Waals surface area contributed by atoms with Gasteiger partial charge in [-0.2, -0.15) is 5.10 Å². The van der Waals surface area contributed by atoms with E-state index in [1.165, 1.54) is 0 Å². The number of carboxylic acid groups (broad SMARTS) is 1. The van der Waals surface area contributed by atoms with Crippen LogP contribution in [0.15, 0.2) is 23.2 Å². The van der Waals surface area contributed by atoms with Crippen molar-refractivity contribution >= 4 is 63.4 Å². The Labute approximate surface area is 229 Å². The van der Waals surface area contributed by atoms with Crippen molar-refractivity contribution in [3.05, 3.63) is 29.5 Å². The molecule has 2 aromatic rings. The Balaban J connectivity index is 1.12. The highest BCUT2D eigenvalue weighted by Gasteiger charge is 2.52. The molecule has 2 amide bonds. The number of nitrogens with one attached hydrogen (secondary N) is 3. The molecule has 2 bridgehead atoms. The van der Waals surface area contributed by atoms with Gasteiger partial charge in [0.1, 0.15) is 20.6 Å². The molecule has 5 aliphatic rings. The number of aromatic nitrogens is 2. The highest BCUT2D eigenvalue weighted by atomic mass is 127. The van der Waals surface area contributed by atoms with Crippen LogP contribution < -0.4 is 20.7 Å².